The van der Waals surface area contributed by atoms with E-state index in [1.54, 1.807) is 0 Å². The van der Waals surface area contributed by atoms with Crippen LogP contribution in [0.4, 0.5) is 0 Å². The third-order valence-corrected chi connectivity index (χ3v) is 5.70. The molecule has 0 radical (unpaired) electrons. The van der Waals surface area contributed by atoms with Crippen LogP contribution in [-0.2, 0) is 11.2 Å². The Labute approximate surface area is 157 Å². The average molecular weight is 360 g/mol. The Morgan fingerprint density at radius 1 is 1.31 bits per heavy atom. The van der Waals surface area contributed by atoms with E-state index in [0.29, 0.717) is 12.0 Å². The lowest BCUT2D eigenvalue weighted by atomic mass is 9.77. The van der Waals surface area contributed by atoms with Crippen molar-refractivity contribution in [2.45, 2.75) is 51.5 Å². The van der Waals surface area contributed by atoms with Gasteiger partial charge in [0.1, 0.15) is 5.75 Å². The maximum absolute atomic E-state index is 12.5. The third-order valence-electron chi connectivity index (χ3n) is 5.70. The fraction of sp³-hybridized carbons (Fsp3) is 0.667. The van der Waals surface area contributed by atoms with Crippen LogP contribution in [0.15, 0.2) is 24.3 Å². The molecule has 3 rings (SSSR count). The van der Waals surface area contributed by atoms with E-state index in [1.165, 1.54) is 18.4 Å². The van der Waals surface area contributed by atoms with Crippen LogP contribution in [0.5, 0.6) is 5.75 Å². The summed E-state index contributed by atoms with van der Waals surface area (Å²) in [6.45, 7) is 6.72. The van der Waals surface area contributed by atoms with Crippen molar-refractivity contribution in [1.29, 1.82) is 0 Å². The molecule has 1 aromatic carbocycles. The summed E-state index contributed by atoms with van der Waals surface area (Å²) in [6, 6.07) is 8.19. The van der Waals surface area contributed by atoms with Gasteiger partial charge in [-0.2, -0.15) is 0 Å². The van der Waals surface area contributed by atoms with E-state index in [4.69, 9.17) is 4.74 Å². The normalized spacial score (nSPS) is 21.7. The van der Waals surface area contributed by atoms with Crippen LogP contribution in [0.1, 0.15) is 44.6 Å². The zero-order chi connectivity index (χ0) is 18.2. The van der Waals surface area contributed by atoms with E-state index < -0.39 is 0 Å². The van der Waals surface area contributed by atoms with Gasteiger partial charge in [0.05, 0.1) is 12.6 Å². The summed E-state index contributed by atoms with van der Waals surface area (Å²) < 4.78 is 5.81. The Morgan fingerprint density at radius 3 is 2.92 bits per heavy atom. The molecular weight excluding hydrogens is 326 g/mol. The maximum atomic E-state index is 12.5. The summed E-state index contributed by atoms with van der Waals surface area (Å²) in [4.78, 5) is 12.5. The van der Waals surface area contributed by atoms with Gasteiger partial charge in [0, 0.05) is 13.1 Å². The second-order valence-electron chi connectivity index (χ2n) is 7.74. The summed E-state index contributed by atoms with van der Waals surface area (Å²) in [6.07, 6.45) is 6.20. The van der Waals surface area contributed by atoms with Crippen molar-refractivity contribution >= 4 is 5.91 Å². The van der Waals surface area contributed by atoms with Gasteiger partial charge in [-0.1, -0.05) is 25.1 Å². The molecule has 0 saturated carbocycles. The number of aryl methyl sites for hydroxylation is 1. The topological polar surface area (TPSA) is 62.4 Å². The molecule has 144 valence electrons. The first kappa shape index (κ1) is 19.2. The van der Waals surface area contributed by atoms with Crippen LogP contribution < -0.4 is 20.7 Å². The first-order valence-corrected chi connectivity index (χ1v) is 10.1. The van der Waals surface area contributed by atoms with E-state index in [1.807, 2.05) is 18.2 Å². The number of rotatable bonds is 8. The lowest BCUT2D eigenvalue weighted by Gasteiger charge is -2.33. The van der Waals surface area contributed by atoms with Crippen molar-refractivity contribution in [2.75, 3.05) is 32.8 Å². The molecule has 0 aliphatic carbocycles. The number of carbonyl (C=O) groups is 1. The molecule has 26 heavy (non-hydrogen) atoms. The minimum Gasteiger partial charge on any atom is -0.493 e. The van der Waals surface area contributed by atoms with Gasteiger partial charge in [-0.15, -0.1) is 0 Å². The summed E-state index contributed by atoms with van der Waals surface area (Å²) >= 11 is 0. The molecule has 1 aromatic rings. The number of benzene rings is 1. The molecule has 1 unspecified atom stereocenters. The Kier molecular flexibility index (Phi) is 6.92. The Balaban J connectivity index is 1.39. The predicted molar refractivity (Wildman–Crippen MR) is 105 cm³/mol. The van der Waals surface area contributed by atoms with Crippen molar-refractivity contribution < 1.29 is 9.53 Å². The molecule has 1 amide bonds. The molecule has 2 saturated heterocycles. The fourth-order valence-electron chi connectivity index (χ4n) is 4.12. The number of carbonyl (C=O) groups excluding carboxylic acids is 1. The molecule has 2 fully saturated rings. The lowest BCUT2D eigenvalue weighted by Crippen LogP contribution is -2.40. The zero-order valence-electron chi connectivity index (χ0n) is 16.0. The summed E-state index contributed by atoms with van der Waals surface area (Å²) in [7, 11) is 0. The van der Waals surface area contributed by atoms with Gasteiger partial charge in [0.2, 0.25) is 5.91 Å². The van der Waals surface area contributed by atoms with Crippen LogP contribution in [0.2, 0.25) is 0 Å². The van der Waals surface area contributed by atoms with Gasteiger partial charge < -0.3 is 20.7 Å². The summed E-state index contributed by atoms with van der Waals surface area (Å²) in [5.74, 6) is 1.14. The average Bonchev–Trinajstić information content (AvgIpc) is 3.08. The van der Waals surface area contributed by atoms with E-state index in [0.717, 1.165) is 57.7 Å². The van der Waals surface area contributed by atoms with Crippen LogP contribution in [0.25, 0.3) is 0 Å². The number of hydrogen-bond acceptors (Lipinski definition) is 4. The van der Waals surface area contributed by atoms with Crippen molar-refractivity contribution in [3.05, 3.63) is 29.8 Å². The van der Waals surface area contributed by atoms with Gasteiger partial charge in [-0.3, -0.25) is 4.79 Å². The molecule has 5 nitrogen and oxygen atoms in total. The first-order chi connectivity index (χ1) is 12.7. The van der Waals surface area contributed by atoms with Gasteiger partial charge in [-0.05, 0) is 68.7 Å². The van der Waals surface area contributed by atoms with Gasteiger partial charge >= 0.3 is 0 Å². The van der Waals surface area contributed by atoms with Gasteiger partial charge in [-0.25, -0.2) is 0 Å². The predicted octanol–water partition coefficient (Wildman–Crippen LogP) is 2.26. The smallest absolute Gasteiger partial charge is 0.237 e. The molecule has 1 atom stereocenters. The van der Waals surface area contributed by atoms with E-state index in [2.05, 4.69) is 28.9 Å². The number of piperidine rings is 1. The highest BCUT2D eigenvalue weighted by atomic mass is 16.5. The van der Waals surface area contributed by atoms with E-state index >= 15 is 0 Å². The third kappa shape index (κ3) is 4.98. The molecular formula is C21H33N3O2. The van der Waals surface area contributed by atoms with E-state index in [-0.39, 0.29) is 11.9 Å². The largest absolute Gasteiger partial charge is 0.493 e. The van der Waals surface area contributed by atoms with Gasteiger partial charge in [0.15, 0.2) is 0 Å². The Hall–Kier alpha value is -1.59. The minimum absolute atomic E-state index is 0.0201. The maximum Gasteiger partial charge on any atom is 0.237 e. The second kappa shape index (κ2) is 9.38. The van der Waals surface area contributed by atoms with Crippen molar-refractivity contribution in [2.24, 2.45) is 5.41 Å². The molecule has 1 spiro atoms. The van der Waals surface area contributed by atoms with Crippen LogP contribution in [0, 0.1) is 5.41 Å². The fourth-order valence-corrected chi connectivity index (χ4v) is 4.12. The first-order valence-electron chi connectivity index (χ1n) is 10.1. The second-order valence-corrected chi connectivity index (χ2v) is 7.74. The monoisotopic (exact) mass is 359 g/mol. The Bertz CT molecular complexity index is 584. The molecule has 2 aliphatic heterocycles. The van der Waals surface area contributed by atoms with Gasteiger partial charge in [0.25, 0.3) is 0 Å². The molecule has 3 N–H and O–H groups in total. The highest BCUT2D eigenvalue weighted by molar-refractivity contribution is 5.82. The number of nitrogens with one attached hydrogen (secondary N) is 3. The highest BCUT2D eigenvalue weighted by Crippen LogP contribution is 2.37. The standard InChI is InChI=1S/C21H33N3O2/c1-2-14-26-19-8-4-3-6-17(19)7-5-11-23-20(25)18-15-21(16-24-18)9-12-22-13-10-21/h3-4,6,8,18,22,24H,2,5,7,9-16H2,1H3,(H,23,25). The number of para-hydroxylation sites is 1. The van der Waals surface area contributed by atoms with Crippen molar-refractivity contribution in [3.8, 4) is 5.75 Å². The molecule has 2 heterocycles. The van der Waals surface area contributed by atoms with Crippen LogP contribution >= 0.6 is 0 Å². The molecule has 0 aromatic heterocycles. The molecule has 0 bridgehead atoms. The van der Waals surface area contributed by atoms with Crippen molar-refractivity contribution in [1.82, 2.24) is 16.0 Å². The SMILES string of the molecule is CCCOc1ccccc1CCCNC(=O)C1CC2(CCNCC2)CN1. The number of amides is 1. The van der Waals surface area contributed by atoms with Crippen molar-refractivity contribution in [3.63, 3.8) is 0 Å². The van der Waals surface area contributed by atoms with Crippen LogP contribution in [0.3, 0.4) is 0 Å². The molecule has 2 aliphatic rings. The highest BCUT2D eigenvalue weighted by Gasteiger charge is 2.41. The molecule has 5 heteroatoms. The lowest BCUT2D eigenvalue weighted by molar-refractivity contribution is -0.123. The minimum atomic E-state index is -0.0201. The zero-order valence-corrected chi connectivity index (χ0v) is 16.0. The van der Waals surface area contributed by atoms with Crippen LogP contribution in [-0.4, -0.2) is 44.7 Å². The van der Waals surface area contributed by atoms with E-state index in [9.17, 15) is 4.79 Å². The number of ether oxygens (including phenoxy) is 1. The number of hydrogen-bond donors (Lipinski definition) is 3. The Morgan fingerprint density at radius 2 is 2.12 bits per heavy atom. The quantitative estimate of drug-likeness (QED) is 0.623. The summed E-state index contributed by atoms with van der Waals surface area (Å²) in [5.41, 5.74) is 1.56. The summed E-state index contributed by atoms with van der Waals surface area (Å²) in [5, 5.41) is 9.99.